The minimum atomic E-state index is -0.993. The van der Waals surface area contributed by atoms with E-state index in [0.717, 1.165) is 27.4 Å². The number of carboxylic acids is 1. The lowest BCUT2D eigenvalue weighted by molar-refractivity contribution is 0.0695. The van der Waals surface area contributed by atoms with E-state index in [1.54, 1.807) is 20.1 Å². The van der Waals surface area contributed by atoms with Crippen LogP contribution in [0.25, 0.3) is 32.4 Å². The van der Waals surface area contributed by atoms with Crippen molar-refractivity contribution in [2.75, 3.05) is 20.3 Å². The molecule has 0 amide bonds. The number of carboxylic acid groups (broad SMARTS) is 1. The maximum absolute atomic E-state index is 11.2. The maximum Gasteiger partial charge on any atom is 0.337 e. The molecule has 0 aliphatic rings. The van der Waals surface area contributed by atoms with Gasteiger partial charge in [0.25, 0.3) is 0 Å². The number of ether oxygens (including phenoxy) is 2. The molecule has 7 nitrogen and oxygen atoms in total. The number of nitrogens with zero attached hydrogens (tertiary/aromatic N) is 3. The van der Waals surface area contributed by atoms with Crippen LogP contribution in [0.3, 0.4) is 0 Å². The molecule has 2 aromatic heterocycles. The molecule has 0 saturated carbocycles. The van der Waals surface area contributed by atoms with Crippen molar-refractivity contribution in [1.82, 2.24) is 15.2 Å². The molecular formula is C24H21N3O4S. The molecular weight excluding hydrogens is 426 g/mol. The van der Waals surface area contributed by atoms with Crippen LogP contribution < -0.4 is 4.74 Å². The number of pyridine rings is 1. The number of aryl methyl sites for hydroxylation is 1. The molecule has 0 spiro atoms. The molecule has 4 aromatic rings. The topological polar surface area (TPSA) is 94.4 Å². The third-order valence-electron chi connectivity index (χ3n) is 4.86. The average Bonchev–Trinajstić information content (AvgIpc) is 3.30. The molecule has 8 heteroatoms. The van der Waals surface area contributed by atoms with E-state index in [4.69, 9.17) is 14.6 Å². The van der Waals surface area contributed by atoms with E-state index in [0.29, 0.717) is 29.5 Å². The number of benzene rings is 2. The maximum atomic E-state index is 11.2. The van der Waals surface area contributed by atoms with Crippen LogP contribution in [0.4, 0.5) is 0 Å². The Morgan fingerprint density at radius 2 is 1.56 bits per heavy atom. The molecule has 0 aliphatic heterocycles. The minimum absolute atomic E-state index is 0.184. The Balaban J connectivity index is 1.49. The largest absolute Gasteiger partial charge is 0.491 e. The van der Waals surface area contributed by atoms with Crippen LogP contribution in [0.1, 0.15) is 15.9 Å². The van der Waals surface area contributed by atoms with Gasteiger partial charge in [0.1, 0.15) is 23.1 Å². The predicted molar refractivity (Wildman–Crippen MR) is 123 cm³/mol. The first kappa shape index (κ1) is 21.6. The first-order valence-electron chi connectivity index (χ1n) is 9.91. The van der Waals surface area contributed by atoms with E-state index >= 15 is 0 Å². The molecule has 1 N–H and O–H groups in total. The van der Waals surface area contributed by atoms with E-state index < -0.39 is 5.97 Å². The number of methoxy groups -OCH3 is 1. The van der Waals surface area contributed by atoms with Gasteiger partial charge in [0.15, 0.2) is 5.01 Å². The van der Waals surface area contributed by atoms with E-state index in [1.807, 2.05) is 48.5 Å². The zero-order valence-corrected chi connectivity index (χ0v) is 18.4. The molecule has 0 atom stereocenters. The molecule has 2 aromatic carbocycles. The van der Waals surface area contributed by atoms with Crippen molar-refractivity contribution < 1.29 is 19.4 Å². The van der Waals surface area contributed by atoms with Crippen LogP contribution in [0, 0.1) is 6.92 Å². The summed E-state index contributed by atoms with van der Waals surface area (Å²) in [5, 5.41) is 19.1. The number of rotatable bonds is 8. The summed E-state index contributed by atoms with van der Waals surface area (Å²) >= 11 is 1.42. The molecule has 0 saturated heterocycles. The molecule has 0 bridgehead atoms. The van der Waals surface area contributed by atoms with Crippen molar-refractivity contribution in [3.05, 3.63) is 71.9 Å². The first-order chi connectivity index (χ1) is 15.5. The van der Waals surface area contributed by atoms with Crippen LogP contribution in [0.5, 0.6) is 5.75 Å². The summed E-state index contributed by atoms with van der Waals surface area (Å²) in [6, 6.07) is 17.8. The zero-order valence-electron chi connectivity index (χ0n) is 17.6. The molecule has 2 heterocycles. The normalized spacial score (nSPS) is 10.8. The fourth-order valence-corrected chi connectivity index (χ4v) is 3.95. The standard InChI is InChI=1S/C24H21N3O4S/c1-15-13-21(25-14-20(15)24(28)29)23-27-26-22(32-23)18-5-3-16(4-6-18)17-7-9-19(10-8-17)31-12-11-30-2/h3-10,13-14H,11-12H2,1-2H3,(H,28,29). The Kier molecular flexibility index (Phi) is 6.53. The zero-order chi connectivity index (χ0) is 22.5. The van der Waals surface area contributed by atoms with Gasteiger partial charge in [-0.15, -0.1) is 10.2 Å². The number of aromatic carboxylic acids is 1. The van der Waals surface area contributed by atoms with Crippen LogP contribution in [0.2, 0.25) is 0 Å². The van der Waals surface area contributed by atoms with Gasteiger partial charge in [0.2, 0.25) is 0 Å². The summed E-state index contributed by atoms with van der Waals surface area (Å²) in [6.07, 6.45) is 1.36. The lowest BCUT2D eigenvalue weighted by Gasteiger charge is -2.07. The van der Waals surface area contributed by atoms with E-state index in [-0.39, 0.29) is 5.56 Å². The Morgan fingerprint density at radius 1 is 0.938 bits per heavy atom. The lowest BCUT2D eigenvalue weighted by atomic mass is 10.0. The van der Waals surface area contributed by atoms with Crippen molar-refractivity contribution in [3.63, 3.8) is 0 Å². The second-order valence-electron chi connectivity index (χ2n) is 7.04. The number of carbonyl (C=O) groups is 1. The summed E-state index contributed by atoms with van der Waals surface area (Å²) in [4.78, 5) is 15.4. The summed E-state index contributed by atoms with van der Waals surface area (Å²) in [6.45, 7) is 2.82. The molecule has 32 heavy (non-hydrogen) atoms. The van der Waals surface area contributed by atoms with Gasteiger partial charge in [0, 0.05) is 18.9 Å². The van der Waals surface area contributed by atoms with Crippen molar-refractivity contribution in [2.45, 2.75) is 6.92 Å². The first-order valence-corrected chi connectivity index (χ1v) is 10.7. The van der Waals surface area contributed by atoms with Gasteiger partial charge in [-0.1, -0.05) is 47.7 Å². The minimum Gasteiger partial charge on any atom is -0.491 e. The Hall–Kier alpha value is -3.62. The van der Waals surface area contributed by atoms with Crippen LogP contribution in [-0.4, -0.2) is 46.6 Å². The summed E-state index contributed by atoms with van der Waals surface area (Å²) in [5.74, 6) is -0.183. The van der Waals surface area contributed by atoms with Gasteiger partial charge in [0.05, 0.1) is 12.2 Å². The van der Waals surface area contributed by atoms with Crippen molar-refractivity contribution in [1.29, 1.82) is 0 Å². The Labute approximate surface area is 189 Å². The summed E-state index contributed by atoms with van der Waals surface area (Å²) in [7, 11) is 1.65. The SMILES string of the molecule is COCCOc1ccc(-c2ccc(-c3nnc(-c4cc(C)c(C(=O)O)cn4)s3)cc2)cc1. The fraction of sp³-hybridized carbons (Fsp3) is 0.167. The highest BCUT2D eigenvalue weighted by Gasteiger charge is 2.13. The highest BCUT2D eigenvalue weighted by Crippen LogP contribution is 2.31. The van der Waals surface area contributed by atoms with Gasteiger partial charge in [-0.2, -0.15) is 0 Å². The van der Waals surface area contributed by atoms with Crippen molar-refractivity contribution in [3.8, 4) is 38.1 Å². The van der Waals surface area contributed by atoms with Gasteiger partial charge in [-0.3, -0.25) is 4.98 Å². The molecule has 0 aliphatic carbocycles. The highest BCUT2D eigenvalue weighted by molar-refractivity contribution is 7.17. The van der Waals surface area contributed by atoms with Crippen molar-refractivity contribution in [2.24, 2.45) is 0 Å². The lowest BCUT2D eigenvalue weighted by Crippen LogP contribution is -2.03. The quantitative estimate of drug-likeness (QED) is 0.381. The smallest absolute Gasteiger partial charge is 0.337 e. The molecule has 4 rings (SSSR count). The van der Waals surface area contributed by atoms with Crippen LogP contribution in [0.15, 0.2) is 60.8 Å². The van der Waals surface area contributed by atoms with E-state index in [9.17, 15) is 4.79 Å². The van der Waals surface area contributed by atoms with E-state index in [2.05, 4.69) is 15.2 Å². The van der Waals surface area contributed by atoms with Gasteiger partial charge in [-0.25, -0.2) is 4.79 Å². The van der Waals surface area contributed by atoms with Crippen LogP contribution in [-0.2, 0) is 4.74 Å². The fourth-order valence-electron chi connectivity index (χ4n) is 3.13. The van der Waals surface area contributed by atoms with Gasteiger partial charge < -0.3 is 14.6 Å². The highest BCUT2D eigenvalue weighted by atomic mass is 32.1. The predicted octanol–water partition coefficient (Wildman–Crippen LogP) is 4.97. The summed E-state index contributed by atoms with van der Waals surface area (Å²) < 4.78 is 10.6. The number of hydrogen-bond acceptors (Lipinski definition) is 7. The second kappa shape index (κ2) is 9.67. The van der Waals surface area contributed by atoms with E-state index in [1.165, 1.54) is 17.5 Å². The molecule has 0 radical (unpaired) electrons. The third kappa shape index (κ3) is 4.82. The number of hydrogen-bond donors (Lipinski definition) is 1. The monoisotopic (exact) mass is 447 g/mol. The Bertz CT molecular complexity index is 1220. The van der Waals surface area contributed by atoms with Crippen molar-refractivity contribution >= 4 is 17.3 Å². The third-order valence-corrected chi connectivity index (χ3v) is 5.86. The van der Waals surface area contributed by atoms with Gasteiger partial charge >= 0.3 is 5.97 Å². The summed E-state index contributed by atoms with van der Waals surface area (Å²) in [5.41, 5.74) is 4.56. The molecule has 162 valence electrons. The van der Waals surface area contributed by atoms with Gasteiger partial charge in [-0.05, 0) is 41.8 Å². The second-order valence-corrected chi connectivity index (χ2v) is 8.02. The molecule has 0 unspecified atom stereocenters. The molecule has 0 fully saturated rings. The van der Waals surface area contributed by atoms with Crippen LogP contribution >= 0.6 is 11.3 Å². The number of aromatic nitrogens is 3. The average molecular weight is 448 g/mol. The Morgan fingerprint density at radius 3 is 2.19 bits per heavy atom.